The van der Waals surface area contributed by atoms with Crippen LogP contribution < -0.4 is 9.64 Å². The van der Waals surface area contributed by atoms with Crippen LogP contribution in [-0.2, 0) is 16.1 Å². The molecule has 0 saturated carbocycles. The van der Waals surface area contributed by atoms with Crippen molar-refractivity contribution in [1.82, 2.24) is 0 Å². The first-order chi connectivity index (χ1) is 14.1. The maximum atomic E-state index is 12.9. The quantitative estimate of drug-likeness (QED) is 0.677. The number of carboxylic acid groups (broad SMARTS) is 1. The van der Waals surface area contributed by atoms with Crippen molar-refractivity contribution in [3.05, 3.63) is 53.1 Å². The Morgan fingerprint density at radius 3 is 2.63 bits per heavy atom. The van der Waals surface area contributed by atoms with E-state index >= 15 is 0 Å². The number of amides is 1. The van der Waals surface area contributed by atoms with Crippen LogP contribution in [0.1, 0.15) is 23.6 Å². The summed E-state index contributed by atoms with van der Waals surface area (Å²) in [5, 5.41) is 8.82. The molecule has 1 heterocycles. The third-order valence-electron chi connectivity index (χ3n) is 4.54. The predicted octanol–water partition coefficient (Wildman–Crippen LogP) is 5.13. The van der Waals surface area contributed by atoms with Gasteiger partial charge in [-0.15, -0.1) is 13.2 Å². The van der Waals surface area contributed by atoms with E-state index in [4.69, 9.17) is 9.84 Å². The predicted molar refractivity (Wildman–Crippen MR) is 103 cm³/mol. The van der Waals surface area contributed by atoms with Crippen LogP contribution in [0.4, 0.5) is 23.7 Å². The monoisotopic (exact) mass is 421 g/mol. The van der Waals surface area contributed by atoms with E-state index in [9.17, 15) is 22.8 Å². The zero-order valence-corrected chi connectivity index (χ0v) is 16.1. The van der Waals surface area contributed by atoms with Crippen molar-refractivity contribution < 1.29 is 37.3 Å². The first-order valence-electron chi connectivity index (χ1n) is 8.98. The Morgan fingerprint density at radius 1 is 1.27 bits per heavy atom. The number of cyclic esters (lactones) is 1. The van der Waals surface area contributed by atoms with Gasteiger partial charge >= 0.3 is 18.4 Å². The lowest BCUT2D eigenvalue weighted by Gasteiger charge is -2.29. The number of anilines is 1. The summed E-state index contributed by atoms with van der Waals surface area (Å²) in [6.45, 7) is 3.87. The summed E-state index contributed by atoms with van der Waals surface area (Å²) in [5.74, 6) is -1.62. The van der Waals surface area contributed by atoms with Gasteiger partial charge in [-0.05, 0) is 60.9 Å². The minimum atomic E-state index is -4.91. The summed E-state index contributed by atoms with van der Waals surface area (Å²) >= 11 is 0. The molecule has 0 spiro atoms. The fourth-order valence-corrected chi connectivity index (χ4v) is 3.27. The van der Waals surface area contributed by atoms with Gasteiger partial charge in [-0.3, -0.25) is 4.90 Å². The fourth-order valence-electron chi connectivity index (χ4n) is 3.27. The minimum absolute atomic E-state index is 0.0685. The molecule has 0 aliphatic carbocycles. The van der Waals surface area contributed by atoms with Crippen LogP contribution in [0.3, 0.4) is 0 Å². The van der Waals surface area contributed by atoms with E-state index in [0.29, 0.717) is 28.9 Å². The molecule has 0 fully saturated rings. The van der Waals surface area contributed by atoms with E-state index < -0.39 is 24.2 Å². The van der Waals surface area contributed by atoms with E-state index in [0.717, 1.165) is 17.7 Å². The zero-order valence-electron chi connectivity index (χ0n) is 16.1. The van der Waals surface area contributed by atoms with Crippen LogP contribution in [0, 0.1) is 6.92 Å². The number of carboxylic acids is 1. The highest BCUT2D eigenvalue weighted by molar-refractivity contribution is 5.93. The van der Waals surface area contributed by atoms with Crippen molar-refractivity contribution in [2.45, 2.75) is 26.8 Å². The lowest BCUT2D eigenvalue weighted by Crippen LogP contribution is -2.35. The molecule has 1 N–H and O–H groups in total. The molecule has 0 bridgehead atoms. The maximum Gasteiger partial charge on any atom is 0.573 e. The standard InChI is InChI=1S/C21H18F3NO5/c1-3-25-17-10-15(12(2)8-14(17)11-29-20(25)28)16-9-13(5-7-19(26)27)4-6-18(16)30-21(22,23)24/h4-10H,3,11H2,1-2H3,(H,26,27)/b7-5+. The van der Waals surface area contributed by atoms with Gasteiger partial charge in [0.2, 0.25) is 0 Å². The number of rotatable bonds is 5. The number of alkyl halides is 3. The molecule has 158 valence electrons. The average Bonchev–Trinajstić information content (AvgIpc) is 2.66. The lowest BCUT2D eigenvalue weighted by molar-refractivity contribution is -0.274. The number of nitrogens with zero attached hydrogens (tertiary/aromatic N) is 1. The number of fused-ring (bicyclic) bond motifs is 1. The zero-order chi connectivity index (χ0) is 22.1. The Bertz CT molecular complexity index is 1030. The normalized spacial score (nSPS) is 13.9. The molecule has 30 heavy (non-hydrogen) atoms. The summed E-state index contributed by atoms with van der Waals surface area (Å²) in [6.07, 6.45) is -3.29. The fraction of sp³-hybridized carbons (Fsp3) is 0.238. The first kappa shape index (κ1) is 21.2. The van der Waals surface area contributed by atoms with Crippen LogP contribution in [0.2, 0.25) is 0 Å². The van der Waals surface area contributed by atoms with Crippen LogP contribution >= 0.6 is 0 Å². The minimum Gasteiger partial charge on any atom is -0.478 e. The van der Waals surface area contributed by atoms with Crippen molar-refractivity contribution in [1.29, 1.82) is 0 Å². The number of aryl methyl sites for hydroxylation is 1. The van der Waals surface area contributed by atoms with Crippen LogP contribution in [0.15, 0.2) is 36.4 Å². The summed E-state index contributed by atoms with van der Waals surface area (Å²) in [4.78, 5) is 24.2. The molecule has 6 nitrogen and oxygen atoms in total. The molecule has 3 rings (SSSR count). The van der Waals surface area contributed by atoms with E-state index in [1.807, 2.05) is 0 Å². The number of benzene rings is 2. The van der Waals surface area contributed by atoms with E-state index in [1.165, 1.54) is 23.1 Å². The topological polar surface area (TPSA) is 76.1 Å². The molecular formula is C21H18F3NO5. The third kappa shape index (κ3) is 4.56. The number of hydrogen-bond acceptors (Lipinski definition) is 4. The van der Waals surface area contributed by atoms with E-state index in [1.54, 1.807) is 26.0 Å². The number of carbonyl (C=O) groups is 2. The molecule has 0 aromatic heterocycles. The van der Waals surface area contributed by atoms with Gasteiger partial charge in [-0.1, -0.05) is 6.07 Å². The smallest absolute Gasteiger partial charge is 0.478 e. The number of ether oxygens (including phenoxy) is 2. The highest BCUT2D eigenvalue weighted by atomic mass is 19.4. The van der Waals surface area contributed by atoms with Crippen LogP contribution in [-0.4, -0.2) is 30.1 Å². The molecule has 1 aliphatic heterocycles. The summed E-state index contributed by atoms with van der Waals surface area (Å²) in [6, 6.07) is 7.24. The second kappa shape index (κ2) is 8.10. The van der Waals surface area contributed by atoms with Crippen molar-refractivity contribution in [3.8, 4) is 16.9 Å². The molecule has 1 amide bonds. The molecule has 9 heteroatoms. The Morgan fingerprint density at radius 2 is 2.00 bits per heavy atom. The number of carbonyl (C=O) groups excluding carboxylic acids is 1. The number of hydrogen-bond donors (Lipinski definition) is 1. The molecule has 1 aliphatic rings. The Hall–Kier alpha value is -3.49. The van der Waals surface area contributed by atoms with Crippen molar-refractivity contribution in [2.75, 3.05) is 11.4 Å². The molecule has 0 saturated heterocycles. The van der Waals surface area contributed by atoms with Crippen molar-refractivity contribution in [3.63, 3.8) is 0 Å². The van der Waals surface area contributed by atoms with E-state index in [-0.39, 0.29) is 12.2 Å². The van der Waals surface area contributed by atoms with Gasteiger partial charge in [0.25, 0.3) is 0 Å². The first-order valence-corrected chi connectivity index (χ1v) is 8.98. The number of aliphatic carboxylic acids is 1. The van der Waals surface area contributed by atoms with Crippen LogP contribution in [0.25, 0.3) is 17.2 Å². The SMILES string of the molecule is CCN1C(=O)OCc2cc(C)c(-c3cc(/C=C/C(=O)O)ccc3OC(F)(F)F)cc21. The van der Waals surface area contributed by atoms with Gasteiger partial charge in [0, 0.05) is 23.7 Å². The Balaban J connectivity index is 2.19. The number of halogens is 3. The van der Waals surface area contributed by atoms with Crippen LogP contribution in [0.5, 0.6) is 5.75 Å². The molecule has 0 radical (unpaired) electrons. The summed E-state index contributed by atoms with van der Waals surface area (Å²) in [5.41, 5.74) is 2.85. The third-order valence-corrected chi connectivity index (χ3v) is 4.54. The Kier molecular flexibility index (Phi) is 5.73. The summed E-state index contributed by atoms with van der Waals surface area (Å²) in [7, 11) is 0. The highest BCUT2D eigenvalue weighted by Crippen LogP contribution is 2.40. The Labute approximate surface area is 170 Å². The van der Waals surface area contributed by atoms with Gasteiger partial charge in [-0.2, -0.15) is 0 Å². The van der Waals surface area contributed by atoms with E-state index in [2.05, 4.69) is 4.74 Å². The maximum absolute atomic E-state index is 12.9. The second-order valence-corrected chi connectivity index (χ2v) is 6.57. The average molecular weight is 421 g/mol. The van der Waals surface area contributed by atoms with Gasteiger partial charge in [0.1, 0.15) is 12.4 Å². The van der Waals surface area contributed by atoms with Gasteiger partial charge in [0.15, 0.2) is 0 Å². The van der Waals surface area contributed by atoms with Gasteiger partial charge in [-0.25, -0.2) is 9.59 Å². The van der Waals surface area contributed by atoms with Gasteiger partial charge < -0.3 is 14.6 Å². The molecular weight excluding hydrogens is 403 g/mol. The molecule has 0 atom stereocenters. The van der Waals surface area contributed by atoms with Gasteiger partial charge in [0.05, 0.1) is 5.69 Å². The largest absolute Gasteiger partial charge is 0.573 e. The molecule has 2 aromatic rings. The molecule has 2 aromatic carbocycles. The molecule has 0 unspecified atom stereocenters. The van der Waals surface area contributed by atoms with Crippen molar-refractivity contribution in [2.24, 2.45) is 0 Å². The lowest BCUT2D eigenvalue weighted by atomic mass is 9.94. The second-order valence-electron chi connectivity index (χ2n) is 6.57. The van der Waals surface area contributed by atoms with Crippen molar-refractivity contribution >= 4 is 23.8 Å². The summed E-state index contributed by atoms with van der Waals surface area (Å²) < 4.78 is 48.2. The highest BCUT2D eigenvalue weighted by Gasteiger charge is 2.33.